The Balaban J connectivity index is 1.55. The summed E-state index contributed by atoms with van der Waals surface area (Å²) in [5.74, 6) is 0.505. The number of halogens is 3. The Kier molecular flexibility index (Phi) is 7.80. The van der Waals surface area contributed by atoms with E-state index in [4.69, 9.17) is 0 Å². The molecule has 0 amide bonds. The third-order valence-corrected chi connectivity index (χ3v) is 6.04. The summed E-state index contributed by atoms with van der Waals surface area (Å²) in [4.78, 5) is 0. The summed E-state index contributed by atoms with van der Waals surface area (Å²) in [6.07, 6.45) is 1.14. The van der Waals surface area contributed by atoms with Crippen molar-refractivity contribution >= 4 is 5.57 Å². The highest BCUT2D eigenvalue weighted by atomic mass is 19.4. The quantitative estimate of drug-likeness (QED) is 0.406. The lowest BCUT2D eigenvalue weighted by Gasteiger charge is -2.20. The largest absolute Gasteiger partial charge is 0.418 e. The molecule has 3 aromatic rings. The molecule has 0 saturated heterocycles. The number of allylic oxidation sites excluding steroid dienone is 2. The van der Waals surface area contributed by atoms with Crippen molar-refractivity contribution in [1.29, 1.82) is 0 Å². The number of nitrogens with zero attached hydrogens (tertiary/aromatic N) is 3. The number of aromatic nitrogens is 3. The Labute approximate surface area is 197 Å². The zero-order valence-electron chi connectivity index (χ0n) is 18.9. The predicted octanol–water partition coefficient (Wildman–Crippen LogP) is 5.50. The molecule has 1 atom stereocenters. The first kappa shape index (κ1) is 24.2. The Morgan fingerprint density at radius 1 is 0.971 bits per heavy atom. The fourth-order valence-corrected chi connectivity index (χ4v) is 4.28. The van der Waals surface area contributed by atoms with E-state index in [9.17, 15) is 18.3 Å². The van der Waals surface area contributed by atoms with Gasteiger partial charge in [-0.3, -0.25) is 4.57 Å². The number of benzene rings is 2. The number of alkyl halides is 3. The Morgan fingerprint density at radius 3 is 2.47 bits per heavy atom. The van der Waals surface area contributed by atoms with Gasteiger partial charge in [-0.15, -0.1) is 10.2 Å². The molecule has 8 heteroatoms. The second-order valence-electron chi connectivity index (χ2n) is 8.50. The molecule has 2 aromatic carbocycles. The number of aliphatic hydroxyl groups is 1. The van der Waals surface area contributed by atoms with Crippen molar-refractivity contribution in [3.63, 3.8) is 0 Å². The lowest BCUT2D eigenvalue weighted by Crippen LogP contribution is -2.22. The van der Waals surface area contributed by atoms with Crippen LogP contribution in [-0.2, 0) is 12.6 Å². The van der Waals surface area contributed by atoms with E-state index < -0.39 is 17.8 Å². The molecule has 5 nitrogen and oxygen atoms in total. The summed E-state index contributed by atoms with van der Waals surface area (Å²) in [6.45, 7) is 1.23. The van der Waals surface area contributed by atoms with Gasteiger partial charge in [0.2, 0.25) is 0 Å². The molecule has 0 spiro atoms. The van der Waals surface area contributed by atoms with Crippen LogP contribution in [0.25, 0.3) is 11.3 Å². The van der Waals surface area contributed by atoms with Crippen molar-refractivity contribution in [2.24, 2.45) is 0 Å². The van der Waals surface area contributed by atoms with Crippen molar-refractivity contribution in [2.45, 2.75) is 50.8 Å². The summed E-state index contributed by atoms with van der Waals surface area (Å²) in [6, 6.07) is 15.4. The van der Waals surface area contributed by atoms with Crippen LogP contribution in [0.5, 0.6) is 0 Å². The Bertz CT molecular complexity index is 1110. The van der Waals surface area contributed by atoms with Crippen LogP contribution in [0.3, 0.4) is 0 Å². The molecule has 1 aromatic heterocycles. The van der Waals surface area contributed by atoms with Gasteiger partial charge in [0.25, 0.3) is 0 Å². The molecule has 0 bridgehead atoms. The monoisotopic (exact) mass is 470 g/mol. The van der Waals surface area contributed by atoms with E-state index in [0.717, 1.165) is 50.3 Å². The van der Waals surface area contributed by atoms with Gasteiger partial charge in [-0.2, -0.15) is 13.2 Å². The van der Waals surface area contributed by atoms with Crippen LogP contribution < -0.4 is 5.32 Å². The van der Waals surface area contributed by atoms with E-state index in [1.807, 2.05) is 24.3 Å². The zero-order valence-corrected chi connectivity index (χ0v) is 18.9. The van der Waals surface area contributed by atoms with Crippen LogP contribution in [0.2, 0.25) is 0 Å². The zero-order chi connectivity index (χ0) is 24.0. The average Bonchev–Trinajstić information content (AvgIpc) is 3.30. The minimum absolute atomic E-state index is 0.0624. The highest BCUT2D eigenvalue weighted by Crippen LogP contribution is 2.37. The Hall–Kier alpha value is -2.97. The van der Waals surface area contributed by atoms with Crippen molar-refractivity contribution in [2.75, 3.05) is 13.1 Å². The van der Waals surface area contributed by atoms with E-state index in [0.29, 0.717) is 18.8 Å². The topological polar surface area (TPSA) is 63.0 Å². The SMILES string of the molecule is OC(CCNCCc1ccccc1)c1nnc(C2=CCCCC2)n1-c1ccccc1C(F)(F)F. The summed E-state index contributed by atoms with van der Waals surface area (Å²) in [7, 11) is 0. The maximum absolute atomic E-state index is 13.8. The third kappa shape index (κ3) is 5.74. The second-order valence-corrected chi connectivity index (χ2v) is 8.50. The molecule has 2 N–H and O–H groups in total. The van der Waals surface area contributed by atoms with Crippen molar-refractivity contribution in [3.8, 4) is 5.69 Å². The maximum Gasteiger partial charge on any atom is 0.418 e. The molecule has 1 unspecified atom stereocenters. The molecule has 0 fully saturated rings. The molecule has 34 heavy (non-hydrogen) atoms. The molecule has 1 heterocycles. The first-order chi connectivity index (χ1) is 16.4. The maximum atomic E-state index is 13.8. The fraction of sp³-hybridized carbons (Fsp3) is 0.385. The molecule has 0 saturated carbocycles. The standard InChI is InChI=1S/C26H29F3N4O/c27-26(28,29)21-13-7-8-14-22(21)33-24(20-11-5-2-6-12-20)31-32-25(33)23(34)16-18-30-17-15-19-9-3-1-4-10-19/h1,3-4,7-11,13-14,23,30,34H,2,5-6,12,15-18H2. The van der Waals surface area contributed by atoms with Crippen LogP contribution in [-0.4, -0.2) is 33.0 Å². The van der Waals surface area contributed by atoms with Gasteiger partial charge in [0.1, 0.15) is 6.10 Å². The van der Waals surface area contributed by atoms with E-state index in [-0.39, 0.29) is 11.5 Å². The fourth-order valence-electron chi connectivity index (χ4n) is 4.28. The number of hydrogen-bond acceptors (Lipinski definition) is 4. The van der Waals surface area contributed by atoms with Gasteiger partial charge in [-0.05, 0) is 74.9 Å². The van der Waals surface area contributed by atoms with E-state index in [1.165, 1.54) is 22.3 Å². The molecular formula is C26H29F3N4O. The Morgan fingerprint density at radius 2 is 1.74 bits per heavy atom. The smallest absolute Gasteiger partial charge is 0.385 e. The van der Waals surface area contributed by atoms with Crippen molar-refractivity contribution in [1.82, 2.24) is 20.1 Å². The normalized spacial score (nSPS) is 15.2. The van der Waals surface area contributed by atoms with Crippen LogP contribution in [0, 0.1) is 0 Å². The number of para-hydroxylation sites is 1. The molecule has 180 valence electrons. The lowest BCUT2D eigenvalue weighted by molar-refractivity contribution is -0.137. The molecular weight excluding hydrogens is 441 g/mol. The molecule has 4 rings (SSSR count). The second kappa shape index (κ2) is 11.0. The number of aliphatic hydroxyl groups excluding tert-OH is 1. The van der Waals surface area contributed by atoms with Crippen molar-refractivity contribution < 1.29 is 18.3 Å². The summed E-state index contributed by atoms with van der Waals surface area (Å²) < 4.78 is 42.9. The highest BCUT2D eigenvalue weighted by Gasteiger charge is 2.35. The summed E-state index contributed by atoms with van der Waals surface area (Å²) in [5, 5.41) is 22.6. The molecule has 0 radical (unpaired) electrons. The average molecular weight is 471 g/mol. The lowest BCUT2D eigenvalue weighted by atomic mass is 9.98. The summed E-state index contributed by atoms with van der Waals surface area (Å²) >= 11 is 0. The third-order valence-electron chi connectivity index (χ3n) is 6.04. The van der Waals surface area contributed by atoms with Gasteiger partial charge in [0.15, 0.2) is 11.6 Å². The van der Waals surface area contributed by atoms with Gasteiger partial charge in [-0.25, -0.2) is 0 Å². The van der Waals surface area contributed by atoms with Gasteiger partial charge in [-0.1, -0.05) is 48.5 Å². The molecule has 0 aliphatic heterocycles. The van der Waals surface area contributed by atoms with Gasteiger partial charge in [0, 0.05) is 0 Å². The minimum Gasteiger partial charge on any atom is -0.385 e. The number of rotatable bonds is 9. The van der Waals surface area contributed by atoms with Crippen LogP contribution >= 0.6 is 0 Å². The first-order valence-corrected chi connectivity index (χ1v) is 11.7. The first-order valence-electron chi connectivity index (χ1n) is 11.7. The molecule has 1 aliphatic rings. The van der Waals surface area contributed by atoms with Crippen LogP contribution in [0.1, 0.15) is 61.0 Å². The van der Waals surface area contributed by atoms with Gasteiger partial charge < -0.3 is 10.4 Å². The predicted molar refractivity (Wildman–Crippen MR) is 125 cm³/mol. The minimum atomic E-state index is -4.54. The van der Waals surface area contributed by atoms with Gasteiger partial charge >= 0.3 is 6.18 Å². The van der Waals surface area contributed by atoms with Gasteiger partial charge in [0.05, 0.1) is 11.3 Å². The van der Waals surface area contributed by atoms with E-state index in [1.54, 1.807) is 6.07 Å². The van der Waals surface area contributed by atoms with E-state index >= 15 is 0 Å². The van der Waals surface area contributed by atoms with Crippen LogP contribution in [0.4, 0.5) is 13.2 Å². The molecule has 1 aliphatic carbocycles. The van der Waals surface area contributed by atoms with Crippen molar-refractivity contribution in [3.05, 3.63) is 83.4 Å². The van der Waals surface area contributed by atoms with E-state index in [2.05, 4.69) is 27.6 Å². The highest BCUT2D eigenvalue weighted by molar-refractivity contribution is 5.63. The number of nitrogens with one attached hydrogen (secondary N) is 1. The van der Waals surface area contributed by atoms with Crippen LogP contribution in [0.15, 0.2) is 60.7 Å². The number of hydrogen-bond donors (Lipinski definition) is 2. The summed E-state index contributed by atoms with van der Waals surface area (Å²) in [5.41, 5.74) is 1.24.